The molecule has 182 valence electrons. The van der Waals surface area contributed by atoms with Gasteiger partial charge < -0.3 is 9.64 Å². The molecule has 0 unspecified atom stereocenters. The van der Waals surface area contributed by atoms with Gasteiger partial charge in [-0.1, -0.05) is 42.5 Å². The number of rotatable bonds is 4. The van der Waals surface area contributed by atoms with Crippen LogP contribution in [0.2, 0.25) is 0 Å². The lowest BCUT2D eigenvalue weighted by atomic mass is 9.61. The Morgan fingerprint density at radius 1 is 0.971 bits per heavy atom. The number of anilines is 1. The smallest absolute Gasteiger partial charge is 0.410 e. The lowest BCUT2D eigenvalue weighted by Gasteiger charge is -2.58. The van der Waals surface area contributed by atoms with Gasteiger partial charge in [-0.2, -0.15) is 0 Å². The van der Waals surface area contributed by atoms with Crippen molar-refractivity contribution in [3.8, 4) is 0 Å². The topological polar surface area (TPSA) is 61.8 Å². The van der Waals surface area contributed by atoms with Crippen LogP contribution in [0.1, 0.15) is 32.3 Å². The zero-order valence-corrected chi connectivity index (χ0v) is 20.5. The highest BCUT2D eigenvalue weighted by atomic mass is 16.6. The third-order valence-electron chi connectivity index (χ3n) is 7.85. The van der Waals surface area contributed by atoms with Crippen LogP contribution in [-0.2, 0) is 11.3 Å². The summed E-state index contributed by atoms with van der Waals surface area (Å²) in [5.41, 5.74) is 3.50. The van der Waals surface area contributed by atoms with Gasteiger partial charge in [-0.3, -0.25) is 14.8 Å². The van der Waals surface area contributed by atoms with E-state index in [0.717, 1.165) is 62.4 Å². The summed E-state index contributed by atoms with van der Waals surface area (Å²) in [6.07, 6.45) is 3.68. The highest BCUT2D eigenvalue weighted by molar-refractivity contribution is 5.75. The zero-order valence-electron chi connectivity index (χ0n) is 20.5. The fourth-order valence-corrected chi connectivity index (χ4v) is 6.28. The Bertz CT molecular complexity index is 1190. The summed E-state index contributed by atoms with van der Waals surface area (Å²) in [7, 11) is 0. The number of carbonyl (C=O) groups is 1. The molecule has 3 aliphatic rings. The van der Waals surface area contributed by atoms with Crippen LogP contribution in [0.5, 0.6) is 0 Å². The maximum absolute atomic E-state index is 13.1. The quantitative estimate of drug-likeness (QED) is 0.565. The number of para-hydroxylation sites is 2. The molecule has 1 amide bonds. The zero-order chi connectivity index (χ0) is 24.0. The van der Waals surface area contributed by atoms with Gasteiger partial charge in [-0.25, -0.2) is 9.78 Å². The molecular weight excluding hydrogens is 438 g/mol. The van der Waals surface area contributed by atoms with Crippen molar-refractivity contribution >= 4 is 22.9 Å². The summed E-state index contributed by atoms with van der Waals surface area (Å²) < 4.78 is 5.97. The average molecular weight is 472 g/mol. The van der Waals surface area contributed by atoms with Crippen LogP contribution in [0.4, 0.5) is 10.6 Å². The molecule has 3 fully saturated rings. The molecule has 0 N–H and O–H groups in total. The SMILES string of the molecule is C[C@@H]1CN(c2cnc3ccccc3n2)C[C@@H](C)N1C(=O)OC1CC2(C1)CN(Cc1ccccc1)C2. The van der Waals surface area contributed by atoms with Gasteiger partial charge >= 0.3 is 6.09 Å². The van der Waals surface area contributed by atoms with Gasteiger partial charge in [0.05, 0.1) is 29.3 Å². The molecule has 2 saturated heterocycles. The number of fused-ring (bicyclic) bond motifs is 1. The van der Waals surface area contributed by atoms with Gasteiger partial charge in [0.2, 0.25) is 0 Å². The molecule has 1 aliphatic carbocycles. The predicted octanol–water partition coefficient (Wildman–Crippen LogP) is 4.33. The van der Waals surface area contributed by atoms with Crippen LogP contribution in [0.3, 0.4) is 0 Å². The van der Waals surface area contributed by atoms with E-state index < -0.39 is 0 Å². The predicted molar refractivity (Wildman–Crippen MR) is 136 cm³/mol. The van der Waals surface area contributed by atoms with Crippen LogP contribution < -0.4 is 4.90 Å². The number of aromatic nitrogens is 2. The Balaban J connectivity index is 1.01. The van der Waals surface area contributed by atoms with E-state index in [9.17, 15) is 4.79 Å². The monoisotopic (exact) mass is 471 g/mol. The summed E-state index contributed by atoms with van der Waals surface area (Å²) in [5.74, 6) is 0.862. The van der Waals surface area contributed by atoms with Crippen LogP contribution in [-0.4, -0.2) is 70.2 Å². The number of carbonyl (C=O) groups excluding carboxylic acids is 1. The number of piperazine rings is 1. The second kappa shape index (κ2) is 8.79. The van der Waals surface area contributed by atoms with Gasteiger partial charge in [0, 0.05) is 38.1 Å². The molecule has 2 aliphatic heterocycles. The van der Waals surface area contributed by atoms with Crippen LogP contribution in [0.25, 0.3) is 11.0 Å². The minimum absolute atomic E-state index is 0.0404. The minimum Gasteiger partial charge on any atom is -0.446 e. The van der Waals surface area contributed by atoms with E-state index >= 15 is 0 Å². The second-order valence-corrected chi connectivity index (χ2v) is 10.8. The van der Waals surface area contributed by atoms with Gasteiger partial charge in [0.1, 0.15) is 11.9 Å². The Morgan fingerprint density at radius 3 is 2.34 bits per heavy atom. The maximum Gasteiger partial charge on any atom is 0.410 e. The molecule has 1 spiro atoms. The highest BCUT2D eigenvalue weighted by Gasteiger charge is 2.54. The maximum atomic E-state index is 13.1. The number of likely N-dealkylation sites (tertiary alicyclic amines) is 1. The minimum atomic E-state index is -0.172. The van der Waals surface area contributed by atoms with E-state index in [4.69, 9.17) is 9.72 Å². The molecule has 3 aromatic rings. The number of nitrogens with zero attached hydrogens (tertiary/aromatic N) is 5. The third kappa shape index (κ3) is 4.33. The van der Waals surface area contributed by atoms with E-state index in [2.05, 4.69) is 59.0 Å². The number of amides is 1. The molecule has 35 heavy (non-hydrogen) atoms. The van der Waals surface area contributed by atoms with Gasteiger partial charge in [-0.05, 0) is 44.4 Å². The lowest BCUT2D eigenvalue weighted by Crippen LogP contribution is -2.65. The van der Waals surface area contributed by atoms with Gasteiger partial charge in [0.25, 0.3) is 0 Å². The normalized spacial score (nSPS) is 24.3. The molecule has 0 radical (unpaired) electrons. The summed E-state index contributed by atoms with van der Waals surface area (Å²) in [6.45, 7) is 8.84. The Labute approximate surface area is 206 Å². The number of hydrogen-bond acceptors (Lipinski definition) is 6. The van der Waals surface area contributed by atoms with Crippen LogP contribution in [0, 0.1) is 5.41 Å². The summed E-state index contributed by atoms with van der Waals surface area (Å²) in [5, 5.41) is 0. The third-order valence-corrected chi connectivity index (χ3v) is 7.85. The van der Waals surface area contributed by atoms with Crippen molar-refractivity contribution in [1.29, 1.82) is 0 Å². The second-order valence-electron chi connectivity index (χ2n) is 10.8. The largest absolute Gasteiger partial charge is 0.446 e. The molecule has 0 bridgehead atoms. The lowest BCUT2D eigenvalue weighted by molar-refractivity contribution is -0.137. The average Bonchev–Trinajstić information content (AvgIpc) is 2.81. The number of benzene rings is 2. The molecule has 1 saturated carbocycles. The van der Waals surface area contributed by atoms with Gasteiger partial charge in [-0.15, -0.1) is 0 Å². The molecule has 1 aromatic heterocycles. The van der Waals surface area contributed by atoms with E-state index in [1.54, 1.807) is 0 Å². The molecule has 7 heteroatoms. The van der Waals surface area contributed by atoms with E-state index in [1.165, 1.54) is 5.56 Å². The first-order chi connectivity index (χ1) is 17.0. The highest BCUT2D eigenvalue weighted by Crippen LogP contribution is 2.50. The fraction of sp³-hybridized carbons (Fsp3) is 0.464. The van der Waals surface area contributed by atoms with Gasteiger partial charge in [0.15, 0.2) is 0 Å². The molecule has 3 heterocycles. The number of ether oxygens (including phenoxy) is 1. The first kappa shape index (κ1) is 22.3. The van der Waals surface area contributed by atoms with E-state index in [0.29, 0.717) is 5.41 Å². The van der Waals surface area contributed by atoms with Crippen molar-refractivity contribution in [2.24, 2.45) is 5.41 Å². The van der Waals surface area contributed by atoms with Crippen molar-refractivity contribution in [3.05, 3.63) is 66.4 Å². The number of hydrogen-bond donors (Lipinski definition) is 0. The Kier molecular flexibility index (Phi) is 5.60. The summed E-state index contributed by atoms with van der Waals surface area (Å²) in [4.78, 5) is 29.1. The van der Waals surface area contributed by atoms with Crippen molar-refractivity contribution in [1.82, 2.24) is 19.8 Å². The molecule has 2 aromatic carbocycles. The van der Waals surface area contributed by atoms with Crippen molar-refractivity contribution < 1.29 is 9.53 Å². The molecule has 2 atom stereocenters. The van der Waals surface area contributed by atoms with Crippen molar-refractivity contribution in [2.75, 3.05) is 31.1 Å². The summed E-state index contributed by atoms with van der Waals surface area (Å²) in [6, 6.07) is 18.6. The molecule has 6 rings (SSSR count). The molecular formula is C28H33N5O2. The van der Waals surface area contributed by atoms with E-state index in [-0.39, 0.29) is 24.3 Å². The van der Waals surface area contributed by atoms with E-state index in [1.807, 2.05) is 35.4 Å². The van der Waals surface area contributed by atoms with Crippen molar-refractivity contribution in [3.63, 3.8) is 0 Å². The van der Waals surface area contributed by atoms with Crippen LogP contribution in [0.15, 0.2) is 60.8 Å². The fourth-order valence-electron chi connectivity index (χ4n) is 6.28. The summed E-state index contributed by atoms with van der Waals surface area (Å²) >= 11 is 0. The van der Waals surface area contributed by atoms with Crippen molar-refractivity contribution in [2.45, 2.75) is 51.4 Å². The Morgan fingerprint density at radius 2 is 1.63 bits per heavy atom. The molecule has 7 nitrogen and oxygen atoms in total. The Hall–Kier alpha value is -3.19. The standard InChI is InChI=1S/C28H33N5O2/c1-20-15-32(26-14-29-24-10-6-7-11-25(24)30-26)16-21(2)33(20)27(34)35-23-12-28(13-23)18-31(19-28)17-22-8-4-3-5-9-22/h3-11,14,20-21,23H,12-13,15-19H2,1-2H3/t20-,21-/m1/s1. The first-order valence-corrected chi connectivity index (χ1v) is 12.7. The first-order valence-electron chi connectivity index (χ1n) is 12.7. The van der Waals surface area contributed by atoms with Crippen LogP contribution >= 0.6 is 0 Å².